The van der Waals surface area contributed by atoms with E-state index in [1.54, 1.807) is 29.2 Å². The monoisotopic (exact) mass is 386 g/mol. The Labute approximate surface area is 160 Å². The summed E-state index contributed by atoms with van der Waals surface area (Å²) in [6, 6.07) is 8.82. The van der Waals surface area contributed by atoms with Gasteiger partial charge in [0, 0.05) is 28.9 Å². The standard InChI is InChI=1S/C21H26N2O3S/c1-14(2)13-23-18-11-12-19(16-9-6-10-17(20(16)18)21(23)24)27(25,26)22-15-7-4-3-5-8-15/h6,9-12,14-15,22H,3-5,7-8,13H2,1-2H3. The maximum Gasteiger partial charge on any atom is 0.259 e. The Morgan fingerprint density at radius 2 is 1.85 bits per heavy atom. The molecule has 0 unspecified atom stereocenters. The maximum atomic E-state index is 13.1. The van der Waals surface area contributed by atoms with E-state index >= 15 is 0 Å². The number of benzene rings is 2. The summed E-state index contributed by atoms with van der Waals surface area (Å²) in [6.45, 7) is 4.76. The van der Waals surface area contributed by atoms with Crippen LogP contribution >= 0.6 is 0 Å². The summed E-state index contributed by atoms with van der Waals surface area (Å²) < 4.78 is 29.1. The van der Waals surface area contributed by atoms with E-state index in [4.69, 9.17) is 0 Å². The van der Waals surface area contributed by atoms with E-state index in [9.17, 15) is 13.2 Å². The van der Waals surface area contributed by atoms with E-state index in [1.165, 1.54) is 6.42 Å². The quantitative estimate of drug-likeness (QED) is 0.842. The predicted octanol–water partition coefficient (Wildman–Crippen LogP) is 4.07. The number of nitrogens with zero attached hydrogens (tertiary/aromatic N) is 1. The molecule has 1 fully saturated rings. The lowest BCUT2D eigenvalue weighted by Crippen LogP contribution is -2.36. The molecule has 1 aliphatic heterocycles. The highest BCUT2D eigenvalue weighted by atomic mass is 32.2. The van der Waals surface area contributed by atoms with Gasteiger partial charge in [-0.1, -0.05) is 45.2 Å². The minimum absolute atomic E-state index is 0.00542. The van der Waals surface area contributed by atoms with Crippen LogP contribution in [0.1, 0.15) is 56.3 Å². The van der Waals surface area contributed by atoms with Gasteiger partial charge in [-0.05, 0) is 37.0 Å². The number of rotatable bonds is 5. The molecule has 0 spiro atoms. The first-order valence-corrected chi connectivity index (χ1v) is 11.3. The number of nitrogens with one attached hydrogen (secondary N) is 1. The normalized spacial score (nSPS) is 18.0. The van der Waals surface area contributed by atoms with E-state index < -0.39 is 10.0 Å². The number of anilines is 1. The van der Waals surface area contributed by atoms with Gasteiger partial charge < -0.3 is 4.90 Å². The van der Waals surface area contributed by atoms with Crippen molar-refractivity contribution < 1.29 is 13.2 Å². The van der Waals surface area contributed by atoms with Crippen molar-refractivity contribution in [1.82, 2.24) is 4.72 Å². The molecule has 1 amide bonds. The number of amides is 1. The van der Waals surface area contributed by atoms with Gasteiger partial charge in [0.2, 0.25) is 10.0 Å². The molecule has 0 bridgehead atoms. The summed E-state index contributed by atoms with van der Waals surface area (Å²) in [6.07, 6.45) is 5.08. The highest BCUT2D eigenvalue weighted by Gasteiger charge is 2.33. The molecule has 0 atom stereocenters. The van der Waals surface area contributed by atoms with Gasteiger partial charge in [0.05, 0.1) is 10.6 Å². The summed E-state index contributed by atoms with van der Waals surface area (Å²) in [5, 5.41) is 1.39. The zero-order valence-corrected chi connectivity index (χ0v) is 16.7. The molecule has 6 heteroatoms. The van der Waals surface area contributed by atoms with Gasteiger partial charge in [0.25, 0.3) is 5.91 Å². The zero-order valence-electron chi connectivity index (χ0n) is 15.9. The smallest absolute Gasteiger partial charge is 0.259 e. The summed E-state index contributed by atoms with van der Waals surface area (Å²) in [7, 11) is -3.63. The molecule has 0 saturated heterocycles. The van der Waals surface area contributed by atoms with Gasteiger partial charge in [0.15, 0.2) is 0 Å². The molecule has 5 nitrogen and oxygen atoms in total. The van der Waals surface area contributed by atoms with E-state index in [2.05, 4.69) is 18.6 Å². The average molecular weight is 387 g/mol. The largest absolute Gasteiger partial charge is 0.307 e. The van der Waals surface area contributed by atoms with Crippen LogP contribution in [0.2, 0.25) is 0 Å². The molecule has 0 aromatic heterocycles. The van der Waals surface area contributed by atoms with E-state index in [1.807, 2.05) is 6.07 Å². The SMILES string of the molecule is CC(C)CN1C(=O)c2cccc3c(S(=O)(=O)NC4CCCCC4)ccc1c23. The van der Waals surface area contributed by atoms with Crippen molar-refractivity contribution in [3.05, 3.63) is 35.9 Å². The minimum atomic E-state index is -3.63. The summed E-state index contributed by atoms with van der Waals surface area (Å²) in [4.78, 5) is 14.9. The molecule has 144 valence electrons. The van der Waals surface area contributed by atoms with Crippen molar-refractivity contribution in [2.45, 2.75) is 56.9 Å². The van der Waals surface area contributed by atoms with Crippen molar-refractivity contribution in [3.8, 4) is 0 Å². The predicted molar refractivity (Wildman–Crippen MR) is 108 cm³/mol. The Balaban J connectivity index is 1.79. The highest BCUT2D eigenvalue weighted by Crippen LogP contribution is 2.40. The molecular formula is C21H26N2O3S. The van der Waals surface area contributed by atoms with Gasteiger partial charge >= 0.3 is 0 Å². The number of hydrogen-bond donors (Lipinski definition) is 1. The molecule has 1 saturated carbocycles. The first kappa shape index (κ1) is 18.4. The third-order valence-electron chi connectivity index (χ3n) is 5.51. The van der Waals surface area contributed by atoms with Crippen LogP contribution in [0.25, 0.3) is 10.8 Å². The Bertz CT molecular complexity index is 992. The lowest BCUT2D eigenvalue weighted by Gasteiger charge is -2.23. The molecule has 0 radical (unpaired) electrons. The van der Waals surface area contributed by atoms with Gasteiger partial charge in [0.1, 0.15) is 0 Å². The van der Waals surface area contributed by atoms with Gasteiger partial charge in [-0.2, -0.15) is 0 Å². The zero-order chi connectivity index (χ0) is 19.2. The Hall–Kier alpha value is -1.92. The lowest BCUT2D eigenvalue weighted by molar-refractivity contribution is 0.0990. The fourth-order valence-corrected chi connectivity index (χ4v) is 5.81. The van der Waals surface area contributed by atoms with E-state index in [0.717, 1.165) is 36.8 Å². The third kappa shape index (κ3) is 3.25. The van der Waals surface area contributed by atoms with Crippen LogP contribution in [0.3, 0.4) is 0 Å². The van der Waals surface area contributed by atoms with Crippen molar-refractivity contribution >= 4 is 32.4 Å². The Kier molecular flexibility index (Phi) is 4.72. The molecule has 1 aliphatic carbocycles. The van der Waals surface area contributed by atoms with Crippen molar-refractivity contribution in [2.75, 3.05) is 11.4 Å². The van der Waals surface area contributed by atoms with E-state index in [-0.39, 0.29) is 16.8 Å². The Morgan fingerprint density at radius 3 is 2.56 bits per heavy atom. The Morgan fingerprint density at radius 1 is 1.11 bits per heavy atom. The van der Waals surface area contributed by atoms with Crippen molar-refractivity contribution in [3.63, 3.8) is 0 Å². The molecular weight excluding hydrogens is 360 g/mol. The molecule has 4 rings (SSSR count). The topological polar surface area (TPSA) is 66.5 Å². The second-order valence-corrected chi connectivity index (χ2v) is 9.76. The number of sulfonamides is 1. The second kappa shape index (κ2) is 6.91. The van der Waals surface area contributed by atoms with Crippen LogP contribution in [0, 0.1) is 5.92 Å². The van der Waals surface area contributed by atoms with Gasteiger partial charge in [-0.25, -0.2) is 13.1 Å². The van der Waals surface area contributed by atoms with Crippen molar-refractivity contribution in [1.29, 1.82) is 0 Å². The molecule has 2 aromatic carbocycles. The van der Waals surface area contributed by atoms with Gasteiger partial charge in [-0.3, -0.25) is 4.79 Å². The highest BCUT2D eigenvalue weighted by molar-refractivity contribution is 7.89. The van der Waals surface area contributed by atoms with E-state index in [0.29, 0.717) is 23.4 Å². The van der Waals surface area contributed by atoms with Crippen LogP contribution in [-0.4, -0.2) is 26.9 Å². The fraction of sp³-hybridized carbons (Fsp3) is 0.476. The minimum Gasteiger partial charge on any atom is -0.307 e. The molecule has 2 aliphatic rings. The van der Waals surface area contributed by atoms with Crippen LogP contribution in [-0.2, 0) is 10.0 Å². The average Bonchev–Trinajstić information content (AvgIpc) is 2.89. The first-order valence-electron chi connectivity index (χ1n) is 9.78. The van der Waals surface area contributed by atoms with Crippen LogP contribution in [0.15, 0.2) is 35.2 Å². The summed E-state index contributed by atoms with van der Waals surface area (Å²) in [5.41, 5.74) is 1.41. The number of carbonyl (C=O) groups excluding carboxylic acids is 1. The molecule has 27 heavy (non-hydrogen) atoms. The molecule has 1 N–H and O–H groups in total. The summed E-state index contributed by atoms with van der Waals surface area (Å²) >= 11 is 0. The van der Waals surface area contributed by atoms with Gasteiger partial charge in [-0.15, -0.1) is 0 Å². The second-order valence-electron chi connectivity index (χ2n) is 8.08. The summed E-state index contributed by atoms with van der Waals surface area (Å²) in [5.74, 6) is 0.286. The van der Waals surface area contributed by atoms with Crippen LogP contribution < -0.4 is 9.62 Å². The van der Waals surface area contributed by atoms with Crippen LogP contribution in [0.5, 0.6) is 0 Å². The fourth-order valence-electron chi connectivity index (χ4n) is 4.30. The number of carbonyl (C=O) groups is 1. The first-order chi connectivity index (χ1) is 12.9. The third-order valence-corrected chi connectivity index (χ3v) is 7.09. The molecule has 2 aromatic rings. The van der Waals surface area contributed by atoms with Crippen molar-refractivity contribution in [2.24, 2.45) is 5.92 Å². The lowest BCUT2D eigenvalue weighted by atomic mass is 9.96. The maximum absolute atomic E-state index is 13.1. The number of hydrogen-bond acceptors (Lipinski definition) is 3. The van der Waals surface area contributed by atoms with Crippen LogP contribution in [0.4, 0.5) is 5.69 Å². The molecule has 1 heterocycles.